The zero-order chi connectivity index (χ0) is 15.0. The number of carbonyl (C=O) groups excluding carboxylic acids is 1. The standard InChI is InChI=1S/C16H18ClNO3/c17-14-4-2-1-3-11(14)12-8-13(12)15(19)18-10-6-5-9(7-10)16(20)21/h1-4,9-10,12-13H,5-8H2,(H,18,19)(H,20,21)/t9-,10+,12-,13-/m1/s1. The van der Waals surface area contributed by atoms with Crippen LogP contribution < -0.4 is 5.32 Å². The van der Waals surface area contributed by atoms with Crippen LogP contribution in [0.3, 0.4) is 0 Å². The van der Waals surface area contributed by atoms with Gasteiger partial charge in [-0.25, -0.2) is 0 Å². The summed E-state index contributed by atoms with van der Waals surface area (Å²) in [6.07, 6.45) is 2.78. The zero-order valence-corrected chi connectivity index (χ0v) is 12.3. The van der Waals surface area contributed by atoms with Gasteiger partial charge in [0, 0.05) is 17.0 Å². The number of nitrogens with one attached hydrogen (secondary N) is 1. The maximum absolute atomic E-state index is 12.2. The minimum atomic E-state index is -0.757. The van der Waals surface area contributed by atoms with Crippen molar-refractivity contribution in [3.05, 3.63) is 34.9 Å². The van der Waals surface area contributed by atoms with Crippen molar-refractivity contribution < 1.29 is 14.7 Å². The zero-order valence-electron chi connectivity index (χ0n) is 11.6. The number of benzene rings is 1. The molecule has 0 unspecified atom stereocenters. The fraction of sp³-hybridized carbons (Fsp3) is 0.500. The highest BCUT2D eigenvalue weighted by Crippen LogP contribution is 2.49. The third-order valence-electron chi connectivity index (χ3n) is 4.56. The molecule has 0 saturated heterocycles. The van der Waals surface area contributed by atoms with Gasteiger partial charge in [-0.15, -0.1) is 0 Å². The van der Waals surface area contributed by atoms with Crippen LogP contribution in [-0.2, 0) is 9.59 Å². The second-order valence-electron chi connectivity index (χ2n) is 6.02. The molecule has 4 nitrogen and oxygen atoms in total. The molecule has 2 aliphatic carbocycles. The summed E-state index contributed by atoms with van der Waals surface area (Å²) in [5.41, 5.74) is 1.04. The largest absolute Gasteiger partial charge is 0.481 e. The lowest BCUT2D eigenvalue weighted by Gasteiger charge is -2.12. The van der Waals surface area contributed by atoms with E-state index >= 15 is 0 Å². The maximum Gasteiger partial charge on any atom is 0.306 e. The Morgan fingerprint density at radius 3 is 2.62 bits per heavy atom. The topological polar surface area (TPSA) is 66.4 Å². The SMILES string of the molecule is O=C(O)[C@@H]1CC[C@H](NC(=O)[C@@H]2C[C@@H]2c2ccccc2Cl)C1. The number of carboxylic acids is 1. The van der Waals surface area contributed by atoms with Crippen LogP contribution in [0.4, 0.5) is 0 Å². The third kappa shape index (κ3) is 3.05. The Labute approximate surface area is 128 Å². The second kappa shape index (κ2) is 5.68. The highest BCUT2D eigenvalue weighted by molar-refractivity contribution is 6.31. The molecule has 5 heteroatoms. The van der Waals surface area contributed by atoms with E-state index in [9.17, 15) is 9.59 Å². The van der Waals surface area contributed by atoms with Crippen molar-refractivity contribution in [2.24, 2.45) is 11.8 Å². The van der Waals surface area contributed by atoms with Gasteiger partial charge in [0.25, 0.3) is 0 Å². The van der Waals surface area contributed by atoms with Gasteiger partial charge in [0.15, 0.2) is 0 Å². The summed E-state index contributed by atoms with van der Waals surface area (Å²) < 4.78 is 0. The summed E-state index contributed by atoms with van der Waals surface area (Å²) in [4.78, 5) is 23.2. The van der Waals surface area contributed by atoms with Crippen molar-refractivity contribution in [3.8, 4) is 0 Å². The van der Waals surface area contributed by atoms with E-state index < -0.39 is 5.97 Å². The molecular formula is C16H18ClNO3. The molecule has 1 aromatic rings. The molecule has 0 radical (unpaired) electrons. The van der Waals surface area contributed by atoms with E-state index in [1.165, 1.54) is 0 Å². The number of hydrogen-bond donors (Lipinski definition) is 2. The molecule has 112 valence electrons. The van der Waals surface area contributed by atoms with E-state index in [1.807, 2.05) is 24.3 Å². The third-order valence-corrected chi connectivity index (χ3v) is 4.90. The highest BCUT2D eigenvalue weighted by atomic mass is 35.5. The second-order valence-corrected chi connectivity index (χ2v) is 6.43. The van der Waals surface area contributed by atoms with Gasteiger partial charge < -0.3 is 10.4 Å². The molecule has 0 heterocycles. The van der Waals surface area contributed by atoms with E-state index in [2.05, 4.69) is 5.32 Å². The van der Waals surface area contributed by atoms with Gasteiger partial charge >= 0.3 is 5.97 Å². The van der Waals surface area contributed by atoms with Gasteiger partial charge in [0.05, 0.1) is 5.92 Å². The molecule has 2 fully saturated rings. The maximum atomic E-state index is 12.2. The predicted octanol–water partition coefficient (Wildman–Crippen LogP) is 2.81. The van der Waals surface area contributed by atoms with Gasteiger partial charge in [0.2, 0.25) is 5.91 Å². The van der Waals surface area contributed by atoms with Crippen LogP contribution in [0.2, 0.25) is 5.02 Å². The molecular weight excluding hydrogens is 290 g/mol. The number of rotatable bonds is 4. The average molecular weight is 308 g/mol. The molecule has 4 atom stereocenters. The molecule has 0 spiro atoms. The smallest absolute Gasteiger partial charge is 0.306 e. The van der Waals surface area contributed by atoms with Crippen LogP contribution in [0.15, 0.2) is 24.3 Å². The normalized spacial score (nSPS) is 30.9. The van der Waals surface area contributed by atoms with Gasteiger partial charge in [0.1, 0.15) is 0 Å². The van der Waals surface area contributed by atoms with Crippen molar-refractivity contribution >= 4 is 23.5 Å². The van der Waals surface area contributed by atoms with Crippen molar-refractivity contribution in [3.63, 3.8) is 0 Å². The Bertz CT molecular complexity index is 574. The van der Waals surface area contributed by atoms with Crippen molar-refractivity contribution in [1.82, 2.24) is 5.32 Å². The van der Waals surface area contributed by atoms with Crippen LogP contribution in [0.25, 0.3) is 0 Å². The summed E-state index contributed by atoms with van der Waals surface area (Å²) in [5.74, 6) is -0.846. The minimum absolute atomic E-state index is 0.00564. The van der Waals surface area contributed by atoms with Crippen LogP contribution in [0, 0.1) is 11.8 Å². The monoisotopic (exact) mass is 307 g/mol. The first kappa shape index (κ1) is 14.4. The Kier molecular flexibility index (Phi) is 3.89. The first-order valence-electron chi connectivity index (χ1n) is 7.34. The summed E-state index contributed by atoms with van der Waals surface area (Å²) in [6.45, 7) is 0. The van der Waals surface area contributed by atoms with Crippen LogP contribution in [0.1, 0.15) is 37.2 Å². The summed E-state index contributed by atoms with van der Waals surface area (Å²) >= 11 is 6.16. The first-order valence-corrected chi connectivity index (χ1v) is 7.71. The number of hydrogen-bond acceptors (Lipinski definition) is 2. The lowest BCUT2D eigenvalue weighted by atomic mass is 10.1. The molecule has 1 amide bonds. The van der Waals surface area contributed by atoms with Crippen molar-refractivity contribution in [2.75, 3.05) is 0 Å². The number of halogens is 1. The number of aliphatic carboxylic acids is 1. The molecule has 21 heavy (non-hydrogen) atoms. The highest BCUT2D eigenvalue weighted by Gasteiger charge is 2.45. The van der Waals surface area contributed by atoms with Crippen LogP contribution in [0.5, 0.6) is 0 Å². The Balaban J connectivity index is 1.54. The van der Waals surface area contributed by atoms with Gasteiger partial charge in [-0.1, -0.05) is 29.8 Å². The van der Waals surface area contributed by atoms with E-state index in [-0.39, 0.29) is 29.7 Å². The van der Waals surface area contributed by atoms with Gasteiger partial charge in [-0.2, -0.15) is 0 Å². The Hall–Kier alpha value is -1.55. The van der Waals surface area contributed by atoms with Crippen LogP contribution in [-0.4, -0.2) is 23.0 Å². The lowest BCUT2D eigenvalue weighted by molar-refractivity contribution is -0.141. The summed E-state index contributed by atoms with van der Waals surface area (Å²) in [6, 6.07) is 7.64. The van der Waals surface area contributed by atoms with E-state index in [0.29, 0.717) is 17.9 Å². The van der Waals surface area contributed by atoms with Gasteiger partial charge in [-0.05, 0) is 43.2 Å². The summed E-state index contributed by atoms with van der Waals surface area (Å²) in [7, 11) is 0. The lowest BCUT2D eigenvalue weighted by Crippen LogP contribution is -2.34. The molecule has 3 rings (SSSR count). The average Bonchev–Trinajstić information content (AvgIpc) is 3.11. The molecule has 1 aromatic carbocycles. The van der Waals surface area contributed by atoms with E-state index in [4.69, 9.17) is 16.7 Å². The van der Waals surface area contributed by atoms with Crippen LogP contribution >= 0.6 is 11.6 Å². The molecule has 0 bridgehead atoms. The Morgan fingerprint density at radius 1 is 1.19 bits per heavy atom. The predicted molar refractivity (Wildman–Crippen MR) is 79.2 cm³/mol. The minimum Gasteiger partial charge on any atom is -0.481 e. The number of carboxylic acid groups (broad SMARTS) is 1. The van der Waals surface area contributed by atoms with Crippen molar-refractivity contribution in [1.29, 1.82) is 0 Å². The Morgan fingerprint density at radius 2 is 1.95 bits per heavy atom. The molecule has 0 aromatic heterocycles. The molecule has 2 saturated carbocycles. The number of amides is 1. The van der Waals surface area contributed by atoms with E-state index in [0.717, 1.165) is 18.4 Å². The first-order chi connectivity index (χ1) is 10.1. The molecule has 2 aliphatic rings. The van der Waals surface area contributed by atoms with Crippen molar-refractivity contribution in [2.45, 2.75) is 37.6 Å². The fourth-order valence-corrected chi connectivity index (χ4v) is 3.53. The summed E-state index contributed by atoms with van der Waals surface area (Å²) in [5, 5.41) is 12.7. The quantitative estimate of drug-likeness (QED) is 0.899. The fourth-order valence-electron chi connectivity index (χ4n) is 3.25. The van der Waals surface area contributed by atoms with Gasteiger partial charge in [-0.3, -0.25) is 9.59 Å². The van der Waals surface area contributed by atoms with E-state index in [1.54, 1.807) is 0 Å². The molecule has 2 N–H and O–H groups in total. The molecule has 0 aliphatic heterocycles. The number of carbonyl (C=O) groups is 2.